The number of methoxy groups -OCH3 is 1. The maximum Gasteiger partial charge on any atom is 0.241 e. The van der Waals surface area contributed by atoms with E-state index in [1.54, 1.807) is 39.0 Å². The lowest BCUT2D eigenvalue weighted by Gasteiger charge is -2.24. The Morgan fingerprint density at radius 3 is 2.28 bits per heavy atom. The van der Waals surface area contributed by atoms with E-state index in [2.05, 4.69) is 10.0 Å². The van der Waals surface area contributed by atoms with Crippen LogP contribution in [0.1, 0.15) is 32.4 Å². The molecule has 6 nitrogen and oxygen atoms in total. The number of rotatable bonds is 8. The van der Waals surface area contributed by atoms with Crippen LogP contribution < -0.4 is 14.8 Å². The van der Waals surface area contributed by atoms with Crippen LogP contribution in [0.15, 0.2) is 65.6 Å². The number of carbonyl (C=O) groups is 1. The quantitative estimate of drug-likeness (QED) is 0.531. The molecule has 2 N–H and O–H groups in total. The summed E-state index contributed by atoms with van der Waals surface area (Å²) in [6, 6.07) is 15.1. The highest BCUT2D eigenvalue weighted by Gasteiger charge is 2.29. The smallest absolute Gasteiger partial charge is 0.241 e. The minimum absolute atomic E-state index is 0.0833. The van der Waals surface area contributed by atoms with E-state index in [-0.39, 0.29) is 16.6 Å². The monoisotopic (exact) mass is 458 g/mol. The van der Waals surface area contributed by atoms with Gasteiger partial charge in [-0.1, -0.05) is 50.2 Å². The van der Waals surface area contributed by atoms with Gasteiger partial charge in [0.15, 0.2) is 11.6 Å². The van der Waals surface area contributed by atoms with Gasteiger partial charge in [0, 0.05) is 0 Å². The number of nitrogens with one attached hydrogen (secondary N) is 2. The molecule has 0 bridgehead atoms. The normalized spacial score (nSPS) is 13.7. The highest BCUT2D eigenvalue weighted by molar-refractivity contribution is 7.89. The first-order valence-corrected chi connectivity index (χ1v) is 11.8. The van der Waals surface area contributed by atoms with Crippen molar-refractivity contribution in [2.24, 2.45) is 5.92 Å². The summed E-state index contributed by atoms with van der Waals surface area (Å²) in [7, 11) is -2.57. The second-order valence-corrected chi connectivity index (χ2v) is 9.69. The largest absolute Gasteiger partial charge is 0.494 e. The lowest BCUT2D eigenvalue weighted by Crippen LogP contribution is -2.50. The average Bonchev–Trinajstić information content (AvgIpc) is 2.76. The molecule has 3 aromatic rings. The van der Waals surface area contributed by atoms with Gasteiger partial charge in [0.2, 0.25) is 15.9 Å². The summed E-state index contributed by atoms with van der Waals surface area (Å²) in [6.45, 7) is 5.21. The second-order valence-electron chi connectivity index (χ2n) is 7.98. The Kier molecular flexibility index (Phi) is 7.16. The van der Waals surface area contributed by atoms with Crippen LogP contribution in [-0.2, 0) is 14.8 Å². The van der Waals surface area contributed by atoms with Crippen LogP contribution in [0.5, 0.6) is 5.75 Å². The molecule has 0 aliphatic carbocycles. The molecule has 2 atom stereocenters. The predicted octanol–water partition coefficient (Wildman–Crippen LogP) is 4.17. The number of sulfonamides is 1. The Bertz CT molecular complexity index is 1230. The molecule has 0 radical (unpaired) electrons. The predicted molar refractivity (Wildman–Crippen MR) is 122 cm³/mol. The molecule has 2 unspecified atom stereocenters. The number of ether oxygens (including phenoxy) is 1. The van der Waals surface area contributed by atoms with Gasteiger partial charge in [-0.25, -0.2) is 12.8 Å². The van der Waals surface area contributed by atoms with E-state index >= 15 is 0 Å². The molecule has 1 amide bonds. The van der Waals surface area contributed by atoms with Gasteiger partial charge in [0.25, 0.3) is 0 Å². The molecular weight excluding hydrogens is 431 g/mol. The molecule has 8 heteroatoms. The van der Waals surface area contributed by atoms with Gasteiger partial charge in [0.05, 0.1) is 18.0 Å². The number of halogens is 1. The van der Waals surface area contributed by atoms with Crippen molar-refractivity contribution in [3.63, 3.8) is 0 Å². The van der Waals surface area contributed by atoms with Gasteiger partial charge in [-0.15, -0.1) is 0 Å². The third-order valence-corrected chi connectivity index (χ3v) is 6.74. The fourth-order valence-corrected chi connectivity index (χ4v) is 4.78. The van der Waals surface area contributed by atoms with Gasteiger partial charge in [-0.3, -0.25) is 4.79 Å². The van der Waals surface area contributed by atoms with E-state index in [1.807, 2.05) is 24.3 Å². The van der Waals surface area contributed by atoms with Gasteiger partial charge in [0.1, 0.15) is 6.04 Å². The number of hydrogen-bond donors (Lipinski definition) is 2. The molecule has 3 aromatic carbocycles. The summed E-state index contributed by atoms with van der Waals surface area (Å²) >= 11 is 0. The Morgan fingerprint density at radius 2 is 1.66 bits per heavy atom. The fraction of sp³-hybridized carbons (Fsp3) is 0.292. The number of benzene rings is 3. The van der Waals surface area contributed by atoms with Crippen LogP contribution in [-0.4, -0.2) is 27.5 Å². The van der Waals surface area contributed by atoms with E-state index in [9.17, 15) is 17.6 Å². The zero-order valence-electron chi connectivity index (χ0n) is 18.4. The van der Waals surface area contributed by atoms with Crippen LogP contribution in [0.3, 0.4) is 0 Å². The molecule has 0 spiro atoms. The van der Waals surface area contributed by atoms with Gasteiger partial charge < -0.3 is 10.1 Å². The first kappa shape index (κ1) is 23.7. The molecule has 0 aliphatic rings. The van der Waals surface area contributed by atoms with E-state index in [0.717, 1.165) is 10.8 Å². The molecule has 0 fully saturated rings. The first-order chi connectivity index (χ1) is 15.1. The summed E-state index contributed by atoms with van der Waals surface area (Å²) in [5.41, 5.74) is 0.538. The minimum atomic E-state index is -3.94. The zero-order chi connectivity index (χ0) is 23.5. The Labute approximate surface area is 187 Å². The SMILES string of the molecule is COc1ccc(C(C)NC(=O)C(NS(=O)(=O)c2ccc3ccccc3c2)C(C)C)cc1F. The standard InChI is InChI=1S/C24H27FN2O4S/c1-15(2)23(24(28)26-16(3)18-10-12-22(31-4)21(25)14-18)27-32(29,30)20-11-9-17-7-5-6-8-19(17)13-20/h5-16,23,27H,1-4H3,(H,26,28). The summed E-state index contributed by atoms with van der Waals surface area (Å²) < 4.78 is 47.5. The summed E-state index contributed by atoms with van der Waals surface area (Å²) in [4.78, 5) is 13.0. The molecule has 0 aliphatic heterocycles. The second kappa shape index (κ2) is 9.67. The lowest BCUT2D eigenvalue weighted by atomic mass is 10.0. The van der Waals surface area contributed by atoms with E-state index in [0.29, 0.717) is 5.56 Å². The van der Waals surface area contributed by atoms with E-state index in [4.69, 9.17) is 4.74 Å². The molecule has 3 rings (SSSR count). The van der Waals surface area contributed by atoms with Crippen molar-refractivity contribution in [1.82, 2.24) is 10.0 Å². The molecule has 0 saturated heterocycles. The molecule has 0 heterocycles. The van der Waals surface area contributed by atoms with Crippen molar-refractivity contribution in [2.45, 2.75) is 37.8 Å². The summed E-state index contributed by atoms with van der Waals surface area (Å²) in [5.74, 6) is -1.24. The maximum absolute atomic E-state index is 14.0. The van der Waals surface area contributed by atoms with Crippen molar-refractivity contribution >= 4 is 26.7 Å². The molecule has 170 valence electrons. The zero-order valence-corrected chi connectivity index (χ0v) is 19.2. The highest BCUT2D eigenvalue weighted by atomic mass is 32.2. The van der Waals surface area contributed by atoms with Crippen molar-refractivity contribution in [3.8, 4) is 5.75 Å². The number of carbonyl (C=O) groups excluding carboxylic acids is 1. The minimum Gasteiger partial charge on any atom is -0.494 e. The Balaban J connectivity index is 1.79. The van der Waals surface area contributed by atoms with Crippen LogP contribution >= 0.6 is 0 Å². The number of amides is 1. The molecule has 0 aromatic heterocycles. The van der Waals surface area contributed by atoms with Crippen molar-refractivity contribution < 1.29 is 22.3 Å². The van der Waals surface area contributed by atoms with Crippen LogP contribution in [0.25, 0.3) is 10.8 Å². The first-order valence-electron chi connectivity index (χ1n) is 10.3. The maximum atomic E-state index is 14.0. The van der Waals surface area contributed by atoms with Crippen LogP contribution in [0, 0.1) is 11.7 Å². The van der Waals surface area contributed by atoms with Crippen molar-refractivity contribution in [1.29, 1.82) is 0 Å². The fourth-order valence-electron chi connectivity index (χ4n) is 3.40. The molecular formula is C24H27FN2O4S. The average molecular weight is 459 g/mol. The highest BCUT2D eigenvalue weighted by Crippen LogP contribution is 2.23. The van der Waals surface area contributed by atoms with Crippen LogP contribution in [0.4, 0.5) is 4.39 Å². The Hall–Kier alpha value is -2.97. The van der Waals surface area contributed by atoms with Gasteiger partial charge >= 0.3 is 0 Å². The van der Waals surface area contributed by atoms with Crippen LogP contribution in [0.2, 0.25) is 0 Å². The Morgan fingerprint density at radius 1 is 0.969 bits per heavy atom. The summed E-state index contributed by atoms with van der Waals surface area (Å²) in [6.07, 6.45) is 0. The molecule has 0 saturated carbocycles. The third kappa shape index (κ3) is 5.26. The van der Waals surface area contributed by atoms with Crippen molar-refractivity contribution in [2.75, 3.05) is 7.11 Å². The van der Waals surface area contributed by atoms with Crippen molar-refractivity contribution in [3.05, 3.63) is 72.0 Å². The van der Waals surface area contributed by atoms with Gasteiger partial charge in [-0.05, 0) is 53.4 Å². The lowest BCUT2D eigenvalue weighted by molar-refractivity contribution is -0.124. The van der Waals surface area contributed by atoms with E-state index < -0.39 is 33.8 Å². The third-order valence-electron chi connectivity index (χ3n) is 5.30. The summed E-state index contributed by atoms with van der Waals surface area (Å²) in [5, 5.41) is 4.48. The molecule has 32 heavy (non-hydrogen) atoms. The van der Waals surface area contributed by atoms with E-state index in [1.165, 1.54) is 25.3 Å². The number of hydrogen-bond acceptors (Lipinski definition) is 4. The van der Waals surface area contributed by atoms with Gasteiger partial charge in [-0.2, -0.15) is 4.72 Å². The number of fused-ring (bicyclic) bond motifs is 1. The topological polar surface area (TPSA) is 84.5 Å².